The van der Waals surface area contributed by atoms with Crippen molar-refractivity contribution >= 4 is 17.5 Å². The van der Waals surface area contributed by atoms with Crippen molar-refractivity contribution in [3.63, 3.8) is 0 Å². The van der Waals surface area contributed by atoms with E-state index in [-0.39, 0.29) is 10.8 Å². The highest BCUT2D eigenvalue weighted by molar-refractivity contribution is 6.29. The van der Waals surface area contributed by atoms with Crippen LogP contribution >= 0.6 is 11.6 Å². The van der Waals surface area contributed by atoms with Gasteiger partial charge < -0.3 is 0 Å². The van der Waals surface area contributed by atoms with Crippen LogP contribution in [0, 0.1) is 0 Å². The zero-order valence-corrected chi connectivity index (χ0v) is 9.63. The molecule has 0 saturated carbocycles. The summed E-state index contributed by atoms with van der Waals surface area (Å²) in [6, 6.07) is 4.82. The molecule has 4 nitrogen and oxygen atoms in total. The molecular formula is C10H13ClN2O2. The second-order valence-electron chi connectivity index (χ2n) is 3.99. The second kappa shape index (κ2) is 4.59. The molecule has 5 heteroatoms. The molecule has 0 atom stereocenters. The van der Waals surface area contributed by atoms with Gasteiger partial charge in [-0.2, -0.15) is 0 Å². The largest absolute Gasteiger partial charge is 0.293 e. The van der Waals surface area contributed by atoms with E-state index >= 15 is 0 Å². The Labute approximate surface area is 93.6 Å². The Morgan fingerprint density at radius 3 is 2.67 bits per heavy atom. The number of pyridine rings is 1. The van der Waals surface area contributed by atoms with Crippen LogP contribution in [-0.4, -0.2) is 16.5 Å². The predicted molar refractivity (Wildman–Crippen MR) is 57.6 cm³/mol. The molecule has 0 aliphatic rings. The first kappa shape index (κ1) is 11.9. The van der Waals surface area contributed by atoms with Crippen LogP contribution in [-0.2, 0) is 4.84 Å². The summed E-state index contributed by atoms with van der Waals surface area (Å²) in [7, 11) is 0. The van der Waals surface area contributed by atoms with Crippen molar-refractivity contribution in [1.29, 1.82) is 0 Å². The lowest BCUT2D eigenvalue weighted by molar-refractivity contribution is -0.0591. The summed E-state index contributed by atoms with van der Waals surface area (Å²) in [5.74, 6) is -0.410. The van der Waals surface area contributed by atoms with Gasteiger partial charge in [-0.3, -0.25) is 9.63 Å². The number of nitrogens with zero attached hydrogens (tertiary/aromatic N) is 1. The summed E-state index contributed by atoms with van der Waals surface area (Å²) >= 11 is 5.65. The Morgan fingerprint density at radius 2 is 2.13 bits per heavy atom. The molecule has 1 N–H and O–H groups in total. The maximum Gasteiger partial charge on any atom is 0.293 e. The molecule has 0 fully saturated rings. The minimum atomic E-state index is -0.436. The third-order valence-corrected chi connectivity index (χ3v) is 1.61. The van der Waals surface area contributed by atoms with Gasteiger partial charge in [-0.15, -0.1) is 0 Å². The number of amides is 1. The van der Waals surface area contributed by atoms with Crippen LogP contribution in [0.2, 0.25) is 5.15 Å². The maximum absolute atomic E-state index is 11.5. The van der Waals surface area contributed by atoms with Crippen LogP contribution in [0.5, 0.6) is 0 Å². The van der Waals surface area contributed by atoms with E-state index in [0.29, 0.717) is 0 Å². The van der Waals surface area contributed by atoms with Crippen LogP contribution in [0.15, 0.2) is 18.2 Å². The highest BCUT2D eigenvalue weighted by Crippen LogP contribution is 2.07. The average Bonchev–Trinajstić information content (AvgIpc) is 2.13. The van der Waals surface area contributed by atoms with Crippen molar-refractivity contribution in [2.45, 2.75) is 26.4 Å². The number of aromatic nitrogens is 1. The lowest BCUT2D eigenvalue weighted by Crippen LogP contribution is -2.33. The van der Waals surface area contributed by atoms with Gasteiger partial charge in [-0.05, 0) is 32.9 Å². The zero-order chi connectivity index (χ0) is 11.5. The number of nitrogens with one attached hydrogen (secondary N) is 1. The summed E-state index contributed by atoms with van der Waals surface area (Å²) in [5, 5.41) is 0.276. The number of hydrogen-bond acceptors (Lipinski definition) is 3. The van der Waals surface area contributed by atoms with Crippen molar-refractivity contribution in [1.82, 2.24) is 10.5 Å². The van der Waals surface area contributed by atoms with Crippen LogP contribution in [0.1, 0.15) is 31.3 Å². The standard InChI is InChI=1S/C10H13ClN2O2/c1-10(2,3)15-13-9(14)7-5-4-6-8(11)12-7/h4-6H,1-3H3,(H,13,14). The normalized spacial score (nSPS) is 11.2. The highest BCUT2D eigenvalue weighted by atomic mass is 35.5. The van der Waals surface area contributed by atoms with Crippen molar-refractivity contribution in [2.24, 2.45) is 0 Å². The van der Waals surface area contributed by atoms with Gasteiger partial charge in [0.05, 0.1) is 5.60 Å². The van der Waals surface area contributed by atoms with Gasteiger partial charge in [0.1, 0.15) is 10.8 Å². The molecule has 0 bridgehead atoms. The van der Waals surface area contributed by atoms with E-state index in [1.54, 1.807) is 18.2 Å². The smallest absolute Gasteiger partial charge is 0.268 e. The fourth-order valence-corrected chi connectivity index (χ4v) is 0.950. The van der Waals surface area contributed by atoms with E-state index in [9.17, 15) is 4.79 Å². The van der Waals surface area contributed by atoms with Crippen molar-refractivity contribution in [3.8, 4) is 0 Å². The molecule has 15 heavy (non-hydrogen) atoms. The van der Waals surface area contributed by atoms with E-state index in [1.165, 1.54) is 0 Å². The summed E-state index contributed by atoms with van der Waals surface area (Å²) in [4.78, 5) is 20.4. The molecule has 1 heterocycles. The lowest BCUT2D eigenvalue weighted by atomic mass is 10.2. The van der Waals surface area contributed by atoms with Gasteiger partial charge >= 0.3 is 0 Å². The summed E-state index contributed by atoms with van der Waals surface area (Å²) < 4.78 is 0. The van der Waals surface area contributed by atoms with E-state index in [1.807, 2.05) is 20.8 Å². The predicted octanol–water partition coefficient (Wildman–Crippen LogP) is 2.19. The SMILES string of the molecule is CC(C)(C)ONC(=O)c1cccc(Cl)n1. The number of halogens is 1. The Hall–Kier alpha value is -1.13. The third kappa shape index (κ3) is 4.27. The molecule has 0 unspecified atom stereocenters. The molecule has 0 aliphatic carbocycles. The van der Waals surface area contributed by atoms with Gasteiger partial charge in [-0.25, -0.2) is 10.5 Å². The van der Waals surface area contributed by atoms with Gasteiger partial charge in [0.25, 0.3) is 5.91 Å². The van der Waals surface area contributed by atoms with Crippen LogP contribution in [0.3, 0.4) is 0 Å². The summed E-state index contributed by atoms with van der Waals surface area (Å²) in [6.45, 7) is 5.50. The molecular weight excluding hydrogens is 216 g/mol. The molecule has 1 amide bonds. The van der Waals surface area contributed by atoms with Gasteiger partial charge in [0.15, 0.2) is 0 Å². The topological polar surface area (TPSA) is 51.2 Å². The molecule has 0 aromatic carbocycles. The number of carbonyl (C=O) groups is 1. The van der Waals surface area contributed by atoms with E-state index < -0.39 is 11.5 Å². The van der Waals surface area contributed by atoms with E-state index in [2.05, 4.69) is 10.5 Å². The monoisotopic (exact) mass is 228 g/mol. The van der Waals surface area contributed by atoms with E-state index in [0.717, 1.165) is 0 Å². The minimum Gasteiger partial charge on any atom is -0.268 e. The first-order valence-corrected chi connectivity index (χ1v) is 4.87. The van der Waals surface area contributed by atoms with E-state index in [4.69, 9.17) is 16.4 Å². The summed E-state index contributed by atoms with van der Waals surface area (Å²) in [6.07, 6.45) is 0. The summed E-state index contributed by atoms with van der Waals surface area (Å²) in [5.41, 5.74) is 2.10. The molecule has 1 aromatic rings. The fourth-order valence-electron chi connectivity index (χ4n) is 0.786. The second-order valence-corrected chi connectivity index (χ2v) is 4.38. The van der Waals surface area contributed by atoms with Crippen molar-refractivity contribution in [2.75, 3.05) is 0 Å². The molecule has 0 radical (unpaired) electrons. The Kier molecular flexibility index (Phi) is 3.66. The average molecular weight is 229 g/mol. The molecule has 1 aromatic heterocycles. The first-order chi connectivity index (χ1) is 6.88. The Bertz CT molecular complexity index is 361. The fraction of sp³-hybridized carbons (Fsp3) is 0.400. The van der Waals surface area contributed by atoms with Crippen molar-refractivity contribution < 1.29 is 9.63 Å². The zero-order valence-electron chi connectivity index (χ0n) is 8.87. The molecule has 0 saturated heterocycles. The third-order valence-electron chi connectivity index (χ3n) is 1.40. The number of carbonyl (C=O) groups excluding carboxylic acids is 1. The molecule has 1 rings (SSSR count). The quantitative estimate of drug-likeness (QED) is 0.624. The lowest BCUT2D eigenvalue weighted by Gasteiger charge is -2.18. The van der Waals surface area contributed by atoms with Gasteiger partial charge in [0.2, 0.25) is 0 Å². The molecule has 0 aliphatic heterocycles. The number of rotatable bonds is 2. The van der Waals surface area contributed by atoms with Crippen molar-refractivity contribution in [3.05, 3.63) is 29.0 Å². The Morgan fingerprint density at radius 1 is 1.47 bits per heavy atom. The van der Waals surface area contributed by atoms with Crippen LogP contribution in [0.25, 0.3) is 0 Å². The Balaban J connectivity index is 2.62. The van der Waals surface area contributed by atoms with Crippen LogP contribution < -0.4 is 5.48 Å². The maximum atomic E-state index is 11.5. The molecule has 82 valence electrons. The highest BCUT2D eigenvalue weighted by Gasteiger charge is 2.14. The van der Waals surface area contributed by atoms with Gasteiger partial charge in [0, 0.05) is 0 Å². The number of hydroxylamine groups is 1. The first-order valence-electron chi connectivity index (χ1n) is 4.49. The van der Waals surface area contributed by atoms with Gasteiger partial charge in [-0.1, -0.05) is 17.7 Å². The minimum absolute atomic E-state index is 0.228. The number of hydrogen-bond donors (Lipinski definition) is 1. The molecule has 0 spiro atoms. The van der Waals surface area contributed by atoms with Crippen LogP contribution in [0.4, 0.5) is 0 Å².